The fourth-order valence-electron chi connectivity index (χ4n) is 2.03. The van der Waals surface area contributed by atoms with Crippen LogP contribution in [0.2, 0.25) is 0 Å². The summed E-state index contributed by atoms with van der Waals surface area (Å²) >= 11 is 1.68. The van der Waals surface area contributed by atoms with E-state index in [-0.39, 0.29) is 5.82 Å². The van der Waals surface area contributed by atoms with Crippen LogP contribution in [0.3, 0.4) is 0 Å². The van der Waals surface area contributed by atoms with E-state index in [1.54, 1.807) is 17.8 Å². The lowest BCUT2D eigenvalue weighted by atomic mass is 10.1. The van der Waals surface area contributed by atoms with Crippen molar-refractivity contribution in [3.8, 4) is 0 Å². The summed E-state index contributed by atoms with van der Waals surface area (Å²) in [6.07, 6.45) is 0.699. The molecule has 1 nitrogen and oxygen atoms in total. The highest BCUT2D eigenvalue weighted by molar-refractivity contribution is 7.99. The van der Waals surface area contributed by atoms with E-state index < -0.39 is 0 Å². The normalized spacial score (nSPS) is 10.7. The van der Waals surface area contributed by atoms with Gasteiger partial charge in [0.25, 0.3) is 0 Å². The van der Waals surface area contributed by atoms with Crippen LogP contribution in [0, 0.1) is 19.7 Å². The Morgan fingerprint density at radius 2 is 1.79 bits per heavy atom. The number of nitrogens with two attached hydrogens (primary N) is 1. The van der Waals surface area contributed by atoms with Crippen LogP contribution in [0.25, 0.3) is 0 Å². The van der Waals surface area contributed by atoms with Gasteiger partial charge in [0.1, 0.15) is 5.82 Å². The Morgan fingerprint density at radius 1 is 1.05 bits per heavy atom. The Bertz CT molecular complexity index is 581. The third-order valence-corrected chi connectivity index (χ3v) is 4.28. The zero-order valence-electron chi connectivity index (χ0n) is 11.2. The van der Waals surface area contributed by atoms with E-state index in [0.717, 1.165) is 10.5 Å². The Kier molecular flexibility index (Phi) is 4.61. The summed E-state index contributed by atoms with van der Waals surface area (Å²) in [7, 11) is 0. The van der Waals surface area contributed by atoms with Gasteiger partial charge < -0.3 is 5.73 Å². The fourth-order valence-corrected chi connectivity index (χ4v) is 3.05. The summed E-state index contributed by atoms with van der Waals surface area (Å²) in [6, 6.07) is 11.3. The third-order valence-electron chi connectivity index (χ3n) is 2.99. The van der Waals surface area contributed by atoms with Crippen LogP contribution in [0.15, 0.2) is 46.2 Å². The van der Waals surface area contributed by atoms with E-state index in [1.807, 2.05) is 6.07 Å². The van der Waals surface area contributed by atoms with E-state index >= 15 is 0 Å². The first-order valence-electron chi connectivity index (χ1n) is 6.34. The first-order chi connectivity index (χ1) is 9.10. The molecule has 3 heteroatoms. The summed E-state index contributed by atoms with van der Waals surface area (Å²) in [5, 5.41) is 0. The smallest absolute Gasteiger partial charge is 0.123 e. The van der Waals surface area contributed by atoms with Gasteiger partial charge in [0, 0.05) is 9.79 Å². The van der Waals surface area contributed by atoms with E-state index in [9.17, 15) is 4.39 Å². The Labute approximate surface area is 118 Å². The van der Waals surface area contributed by atoms with Crippen molar-refractivity contribution in [3.05, 3.63) is 58.9 Å². The maximum absolute atomic E-state index is 13.3. The van der Waals surface area contributed by atoms with Gasteiger partial charge in [-0.3, -0.25) is 0 Å². The zero-order chi connectivity index (χ0) is 13.8. The number of benzene rings is 2. The van der Waals surface area contributed by atoms with Crippen LogP contribution in [-0.2, 0) is 6.42 Å². The van der Waals surface area contributed by atoms with Crippen molar-refractivity contribution in [2.45, 2.75) is 30.1 Å². The molecule has 100 valence electrons. The molecule has 2 aromatic carbocycles. The number of halogens is 1. The van der Waals surface area contributed by atoms with E-state index in [0.29, 0.717) is 13.0 Å². The first kappa shape index (κ1) is 14.1. The minimum absolute atomic E-state index is 0.201. The fraction of sp³-hybridized carbons (Fsp3) is 0.250. The molecular formula is C16H18FNS. The van der Waals surface area contributed by atoms with Crippen molar-refractivity contribution in [1.82, 2.24) is 0 Å². The van der Waals surface area contributed by atoms with Crippen LogP contribution in [-0.4, -0.2) is 6.54 Å². The molecule has 2 N–H and O–H groups in total. The van der Waals surface area contributed by atoms with Gasteiger partial charge in [0.15, 0.2) is 0 Å². The summed E-state index contributed by atoms with van der Waals surface area (Å²) in [5.41, 5.74) is 9.07. The average Bonchev–Trinajstić information content (AvgIpc) is 2.36. The molecule has 2 rings (SSSR count). The summed E-state index contributed by atoms with van der Waals surface area (Å²) in [4.78, 5) is 2.29. The second-order valence-electron chi connectivity index (χ2n) is 4.66. The summed E-state index contributed by atoms with van der Waals surface area (Å²) in [6.45, 7) is 4.71. The lowest BCUT2D eigenvalue weighted by Crippen LogP contribution is -2.04. The topological polar surface area (TPSA) is 26.0 Å². The minimum atomic E-state index is -0.201. The molecule has 0 aromatic heterocycles. The largest absolute Gasteiger partial charge is 0.330 e. The van der Waals surface area contributed by atoms with Crippen LogP contribution in [0.5, 0.6) is 0 Å². The Balaban J connectivity index is 2.32. The Morgan fingerprint density at radius 3 is 2.47 bits per heavy atom. The van der Waals surface area contributed by atoms with Gasteiger partial charge in [-0.15, -0.1) is 0 Å². The Hall–Kier alpha value is -1.32. The number of aryl methyl sites for hydroxylation is 2. The molecule has 0 fully saturated rings. The molecular weight excluding hydrogens is 257 g/mol. The van der Waals surface area contributed by atoms with Gasteiger partial charge in [0.05, 0.1) is 0 Å². The van der Waals surface area contributed by atoms with Gasteiger partial charge in [-0.05, 0) is 62.2 Å². The van der Waals surface area contributed by atoms with E-state index in [2.05, 4.69) is 32.0 Å². The molecule has 0 aliphatic carbocycles. The number of hydrogen-bond acceptors (Lipinski definition) is 2. The maximum atomic E-state index is 13.3. The van der Waals surface area contributed by atoms with Crippen molar-refractivity contribution in [2.75, 3.05) is 6.54 Å². The quantitative estimate of drug-likeness (QED) is 0.909. The van der Waals surface area contributed by atoms with E-state index in [1.165, 1.54) is 22.1 Å². The molecule has 0 aliphatic heterocycles. The molecule has 0 unspecified atom stereocenters. The highest BCUT2D eigenvalue weighted by Gasteiger charge is 2.07. The van der Waals surface area contributed by atoms with Crippen molar-refractivity contribution in [2.24, 2.45) is 5.73 Å². The van der Waals surface area contributed by atoms with Gasteiger partial charge in [-0.2, -0.15) is 0 Å². The molecule has 0 radical (unpaired) electrons. The number of hydrogen-bond donors (Lipinski definition) is 1. The molecule has 2 aromatic rings. The molecule has 19 heavy (non-hydrogen) atoms. The minimum Gasteiger partial charge on any atom is -0.330 e. The zero-order valence-corrected chi connectivity index (χ0v) is 12.1. The standard InChI is InChI=1S/C16H18FNS/c1-11-3-5-15(12(2)9-11)19-16-6-4-14(17)10-13(16)7-8-18/h3-6,9-10H,7-8,18H2,1-2H3. The van der Waals surface area contributed by atoms with Gasteiger partial charge >= 0.3 is 0 Å². The average molecular weight is 275 g/mol. The van der Waals surface area contributed by atoms with Gasteiger partial charge in [-0.25, -0.2) is 4.39 Å². The SMILES string of the molecule is Cc1ccc(Sc2ccc(F)cc2CCN)c(C)c1. The molecule has 0 aliphatic rings. The van der Waals surface area contributed by atoms with E-state index in [4.69, 9.17) is 5.73 Å². The molecule has 0 amide bonds. The van der Waals surface area contributed by atoms with Crippen molar-refractivity contribution < 1.29 is 4.39 Å². The van der Waals surface area contributed by atoms with Gasteiger partial charge in [0.2, 0.25) is 0 Å². The molecule has 0 saturated carbocycles. The lowest BCUT2D eigenvalue weighted by Gasteiger charge is -2.11. The molecule has 0 atom stereocenters. The monoisotopic (exact) mass is 275 g/mol. The second kappa shape index (κ2) is 6.22. The summed E-state index contributed by atoms with van der Waals surface area (Å²) < 4.78 is 13.3. The predicted molar refractivity (Wildman–Crippen MR) is 79.2 cm³/mol. The molecule has 0 saturated heterocycles. The van der Waals surface area contributed by atoms with Crippen LogP contribution in [0.4, 0.5) is 4.39 Å². The molecule has 0 bridgehead atoms. The van der Waals surface area contributed by atoms with Crippen molar-refractivity contribution in [3.63, 3.8) is 0 Å². The number of rotatable bonds is 4. The highest BCUT2D eigenvalue weighted by Crippen LogP contribution is 2.33. The highest BCUT2D eigenvalue weighted by atomic mass is 32.2. The third kappa shape index (κ3) is 3.58. The second-order valence-corrected chi connectivity index (χ2v) is 5.75. The van der Waals surface area contributed by atoms with Crippen LogP contribution in [0.1, 0.15) is 16.7 Å². The van der Waals surface area contributed by atoms with Crippen LogP contribution < -0.4 is 5.73 Å². The summed E-state index contributed by atoms with van der Waals surface area (Å²) in [5.74, 6) is -0.201. The molecule has 0 heterocycles. The maximum Gasteiger partial charge on any atom is 0.123 e. The van der Waals surface area contributed by atoms with Crippen molar-refractivity contribution >= 4 is 11.8 Å². The van der Waals surface area contributed by atoms with Gasteiger partial charge in [-0.1, -0.05) is 29.5 Å². The van der Waals surface area contributed by atoms with Crippen LogP contribution >= 0.6 is 11.8 Å². The molecule has 0 spiro atoms. The lowest BCUT2D eigenvalue weighted by molar-refractivity contribution is 0.623. The predicted octanol–water partition coefficient (Wildman–Crippen LogP) is 4.09. The van der Waals surface area contributed by atoms with Crippen molar-refractivity contribution in [1.29, 1.82) is 0 Å². The first-order valence-corrected chi connectivity index (χ1v) is 7.15.